The summed E-state index contributed by atoms with van der Waals surface area (Å²) in [5, 5.41) is 6.93. The summed E-state index contributed by atoms with van der Waals surface area (Å²) in [6.45, 7) is 1.99. The Morgan fingerprint density at radius 2 is 1.65 bits per heavy atom. The van der Waals surface area contributed by atoms with Crippen LogP contribution < -0.4 is 10.5 Å². The van der Waals surface area contributed by atoms with Gasteiger partial charge in [-0.05, 0) is 53.9 Å². The van der Waals surface area contributed by atoms with E-state index in [0.717, 1.165) is 17.5 Å². The third-order valence-corrected chi connectivity index (χ3v) is 4.83. The first-order chi connectivity index (χ1) is 12.5. The van der Waals surface area contributed by atoms with Crippen LogP contribution in [0.1, 0.15) is 34.5 Å². The summed E-state index contributed by atoms with van der Waals surface area (Å²) in [6, 6.07) is 16.9. The molecule has 2 aromatic carbocycles. The number of nitrogens with one attached hydrogen (secondary N) is 2. The normalized spacial score (nSPS) is 13.2. The average Bonchev–Trinajstić information content (AvgIpc) is 3.17. The van der Waals surface area contributed by atoms with E-state index < -0.39 is 0 Å². The molecule has 1 aromatic heterocycles. The van der Waals surface area contributed by atoms with Crippen molar-refractivity contribution < 1.29 is 14.5 Å². The second kappa shape index (κ2) is 8.39. The number of aromatic nitrogens is 1. The van der Waals surface area contributed by atoms with Crippen molar-refractivity contribution in [2.24, 2.45) is 0 Å². The molecule has 1 amide bonds. The zero-order valence-corrected chi connectivity index (χ0v) is 15.7. The van der Waals surface area contributed by atoms with Gasteiger partial charge in [0.2, 0.25) is 6.20 Å². The van der Waals surface area contributed by atoms with Crippen molar-refractivity contribution in [1.82, 2.24) is 5.32 Å². The summed E-state index contributed by atoms with van der Waals surface area (Å²) in [7, 11) is 0. The highest BCUT2D eigenvalue weighted by Gasteiger charge is 2.24. The van der Waals surface area contributed by atoms with E-state index in [4.69, 9.17) is 27.7 Å². The molecule has 0 saturated carbocycles. The van der Waals surface area contributed by atoms with Crippen molar-refractivity contribution in [2.75, 3.05) is 0 Å². The minimum Gasteiger partial charge on any atom is -0.346 e. The summed E-state index contributed by atoms with van der Waals surface area (Å²) in [5.41, 5.74) is 2.24. The van der Waals surface area contributed by atoms with Crippen LogP contribution in [0.5, 0.6) is 0 Å². The minimum atomic E-state index is -0.256. The number of amides is 1. The Morgan fingerprint density at radius 1 is 1.04 bits per heavy atom. The van der Waals surface area contributed by atoms with Crippen molar-refractivity contribution in [3.05, 3.63) is 87.7 Å². The van der Waals surface area contributed by atoms with E-state index in [9.17, 15) is 4.79 Å². The smallest absolute Gasteiger partial charge is 0.294 e. The SMILES string of the molecule is C[C@@H](NC(=O)c1cc[nH+]o1)[C@H](Cc1ccc(Cl)cc1)c1ccc(Cl)cc1. The van der Waals surface area contributed by atoms with Gasteiger partial charge >= 0.3 is 0 Å². The highest BCUT2D eigenvalue weighted by molar-refractivity contribution is 6.30. The van der Waals surface area contributed by atoms with E-state index in [2.05, 4.69) is 10.5 Å². The Hall–Kier alpha value is -2.30. The number of rotatable bonds is 6. The van der Waals surface area contributed by atoms with Crippen molar-refractivity contribution in [3.63, 3.8) is 0 Å². The van der Waals surface area contributed by atoms with Crippen LogP contribution in [0.2, 0.25) is 10.0 Å². The van der Waals surface area contributed by atoms with E-state index in [1.54, 1.807) is 12.3 Å². The number of benzene rings is 2. The second-order valence-corrected chi connectivity index (χ2v) is 7.04. The fourth-order valence-electron chi connectivity index (χ4n) is 2.91. The molecular weight excluding hydrogens is 371 g/mol. The molecule has 2 atom stereocenters. The molecule has 0 bridgehead atoms. The zero-order valence-electron chi connectivity index (χ0n) is 14.2. The molecule has 0 aliphatic heterocycles. The van der Waals surface area contributed by atoms with Gasteiger partial charge in [0.25, 0.3) is 11.7 Å². The van der Waals surface area contributed by atoms with Crippen molar-refractivity contribution in [3.8, 4) is 0 Å². The average molecular weight is 390 g/mol. The van der Waals surface area contributed by atoms with Crippen molar-refractivity contribution in [1.29, 1.82) is 0 Å². The van der Waals surface area contributed by atoms with Crippen LogP contribution in [-0.2, 0) is 6.42 Å². The van der Waals surface area contributed by atoms with E-state index >= 15 is 0 Å². The summed E-state index contributed by atoms with van der Waals surface area (Å²) >= 11 is 12.0. The lowest BCUT2D eigenvalue weighted by Gasteiger charge is -2.25. The van der Waals surface area contributed by atoms with Crippen LogP contribution in [0, 0.1) is 0 Å². The summed E-state index contributed by atoms with van der Waals surface area (Å²) < 4.78 is 5.06. The molecule has 0 fully saturated rings. The largest absolute Gasteiger partial charge is 0.346 e. The van der Waals surface area contributed by atoms with Crippen LogP contribution in [0.3, 0.4) is 0 Å². The lowest BCUT2D eigenvalue weighted by molar-refractivity contribution is -0.609. The topological polar surface area (TPSA) is 56.4 Å². The first-order valence-corrected chi connectivity index (χ1v) is 9.05. The molecule has 4 nitrogen and oxygen atoms in total. The van der Waals surface area contributed by atoms with Crippen LogP contribution >= 0.6 is 23.2 Å². The monoisotopic (exact) mass is 389 g/mol. The third kappa shape index (κ3) is 4.65. The van der Waals surface area contributed by atoms with Crippen LogP contribution in [0.4, 0.5) is 0 Å². The van der Waals surface area contributed by atoms with Gasteiger partial charge in [-0.15, -0.1) is 0 Å². The van der Waals surface area contributed by atoms with Gasteiger partial charge in [0.1, 0.15) is 0 Å². The second-order valence-electron chi connectivity index (χ2n) is 6.17. The maximum absolute atomic E-state index is 12.3. The summed E-state index contributed by atoms with van der Waals surface area (Å²) in [6.07, 6.45) is 2.33. The Morgan fingerprint density at radius 3 is 2.23 bits per heavy atom. The molecule has 134 valence electrons. The molecule has 3 aromatic rings. The maximum Gasteiger partial charge on any atom is 0.294 e. The van der Waals surface area contributed by atoms with Gasteiger partial charge in [-0.1, -0.05) is 47.5 Å². The molecule has 6 heteroatoms. The Labute approximate surface area is 162 Å². The standard InChI is InChI=1S/C20H18Cl2N2O2/c1-13(24-20(25)19-10-11-23-26-19)18(15-4-8-17(22)9-5-15)12-14-2-6-16(21)7-3-14/h2-11,13,18H,12H2,1H3,(H,24,25)/p+1/t13-,18+/m1/s1. The molecule has 0 aliphatic rings. The van der Waals surface area contributed by atoms with Gasteiger partial charge in [-0.2, -0.15) is 0 Å². The van der Waals surface area contributed by atoms with Crippen LogP contribution in [0.15, 0.2) is 65.3 Å². The number of hydrogen-bond acceptors (Lipinski definition) is 2. The molecule has 0 aliphatic carbocycles. The summed E-state index contributed by atoms with van der Waals surface area (Å²) in [5.74, 6) is 0.0587. The predicted octanol–water partition coefficient (Wildman–Crippen LogP) is 4.55. The molecule has 2 N–H and O–H groups in total. The molecule has 3 rings (SSSR count). The van der Waals surface area contributed by atoms with Crippen molar-refractivity contribution >= 4 is 29.1 Å². The number of carbonyl (C=O) groups excluding carboxylic acids is 1. The van der Waals surface area contributed by atoms with Gasteiger partial charge < -0.3 is 5.32 Å². The number of aromatic amines is 1. The van der Waals surface area contributed by atoms with Gasteiger partial charge in [-0.3, -0.25) is 4.79 Å². The van der Waals surface area contributed by atoms with E-state index in [0.29, 0.717) is 10.0 Å². The zero-order chi connectivity index (χ0) is 18.5. The van der Waals surface area contributed by atoms with Gasteiger partial charge in [-0.25, -0.2) is 4.52 Å². The summed E-state index contributed by atoms with van der Waals surface area (Å²) in [4.78, 5) is 12.3. The lowest BCUT2D eigenvalue weighted by atomic mass is 9.86. The van der Waals surface area contributed by atoms with E-state index in [-0.39, 0.29) is 23.6 Å². The molecule has 0 unspecified atom stereocenters. The molecule has 0 spiro atoms. The quantitative estimate of drug-likeness (QED) is 0.672. The number of halogens is 2. The number of hydrogen-bond donors (Lipinski definition) is 1. The first kappa shape index (κ1) is 18.5. The Kier molecular flexibility index (Phi) is 5.96. The van der Waals surface area contributed by atoms with Gasteiger partial charge in [0.15, 0.2) is 0 Å². The predicted molar refractivity (Wildman–Crippen MR) is 102 cm³/mol. The molecule has 1 heterocycles. The van der Waals surface area contributed by atoms with Crippen molar-refractivity contribution in [2.45, 2.75) is 25.3 Å². The van der Waals surface area contributed by atoms with Gasteiger partial charge in [0.05, 0.1) is 6.07 Å². The van der Waals surface area contributed by atoms with E-state index in [1.165, 1.54) is 0 Å². The molecule has 0 radical (unpaired) electrons. The highest BCUT2D eigenvalue weighted by atomic mass is 35.5. The van der Waals surface area contributed by atoms with Gasteiger partial charge in [0, 0.05) is 22.0 Å². The van der Waals surface area contributed by atoms with E-state index in [1.807, 2.05) is 55.5 Å². The molecule has 26 heavy (non-hydrogen) atoms. The third-order valence-electron chi connectivity index (χ3n) is 4.32. The highest BCUT2D eigenvalue weighted by Crippen LogP contribution is 2.27. The maximum atomic E-state index is 12.3. The lowest BCUT2D eigenvalue weighted by Crippen LogP contribution is -2.37. The fraction of sp³-hybridized carbons (Fsp3) is 0.200. The first-order valence-electron chi connectivity index (χ1n) is 8.29. The van der Waals surface area contributed by atoms with Crippen LogP contribution in [0.25, 0.3) is 0 Å². The Balaban J connectivity index is 1.82. The fourth-order valence-corrected chi connectivity index (χ4v) is 3.16. The minimum absolute atomic E-state index is 0.0661. The Bertz CT molecular complexity index is 847. The molecule has 0 saturated heterocycles. The number of H-pyrrole nitrogens is 1. The number of carbonyl (C=O) groups is 1. The molecular formula is C20H19Cl2N2O2+. The van der Waals surface area contributed by atoms with Crippen LogP contribution in [-0.4, -0.2) is 11.9 Å².